The molecule has 0 fully saturated rings. The fraction of sp³-hybridized carbons (Fsp3) is 0.0588. The summed E-state index contributed by atoms with van der Waals surface area (Å²) in [6, 6.07) is 8.51. The fourth-order valence-corrected chi connectivity index (χ4v) is 2.42. The third kappa shape index (κ3) is 2.40. The quantitative estimate of drug-likeness (QED) is 0.878. The van der Waals surface area contributed by atoms with Crippen LogP contribution >= 0.6 is 0 Å². The molecule has 0 unspecified atom stereocenters. The molecule has 1 aliphatic heterocycles. The standard InChI is InChI=1S/C17H11F2NO4/c1-24-11-5-2-9(3-6-11)14-15(21)17(23)20(16(14)22)13-7-4-10(18)8-12(13)19/h2-8,21H,1H3. The van der Waals surface area contributed by atoms with Crippen molar-refractivity contribution < 1.29 is 28.2 Å². The average molecular weight is 331 g/mol. The Kier molecular flexibility index (Phi) is 3.76. The van der Waals surface area contributed by atoms with E-state index >= 15 is 0 Å². The van der Waals surface area contributed by atoms with Gasteiger partial charge in [0.25, 0.3) is 5.91 Å². The number of carbonyl (C=O) groups excluding carboxylic acids is 2. The predicted octanol–water partition coefficient (Wildman–Crippen LogP) is 2.82. The minimum absolute atomic E-state index is 0.258. The van der Waals surface area contributed by atoms with E-state index in [9.17, 15) is 23.5 Å². The Morgan fingerprint density at radius 1 is 1.00 bits per heavy atom. The van der Waals surface area contributed by atoms with Crippen molar-refractivity contribution in [2.75, 3.05) is 12.0 Å². The number of ether oxygens (including phenoxy) is 1. The molecule has 1 heterocycles. The lowest BCUT2D eigenvalue weighted by Gasteiger charge is -2.15. The number of benzene rings is 2. The number of imide groups is 1. The first-order valence-electron chi connectivity index (χ1n) is 6.85. The smallest absolute Gasteiger partial charge is 0.301 e. The van der Waals surface area contributed by atoms with Gasteiger partial charge in [-0.05, 0) is 29.8 Å². The maximum atomic E-state index is 13.9. The van der Waals surface area contributed by atoms with Gasteiger partial charge in [0.15, 0.2) is 5.76 Å². The molecule has 0 atom stereocenters. The summed E-state index contributed by atoms with van der Waals surface area (Å²) in [6.07, 6.45) is 0. The zero-order valence-corrected chi connectivity index (χ0v) is 12.4. The SMILES string of the molecule is COc1ccc(C2=C(O)C(=O)N(c3ccc(F)cc3F)C2=O)cc1. The number of methoxy groups -OCH3 is 1. The second kappa shape index (κ2) is 5.77. The zero-order valence-electron chi connectivity index (χ0n) is 12.4. The first kappa shape index (κ1) is 15.7. The maximum absolute atomic E-state index is 13.9. The molecule has 2 aromatic carbocycles. The van der Waals surface area contributed by atoms with Crippen LogP contribution in [0.5, 0.6) is 5.75 Å². The monoisotopic (exact) mass is 331 g/mol. The lowest BCUT2D eigenvalue weighted by Crippen LogP contribution is -2.32. The number of aliphatic hydroxyl groups is 1. The topological polar surface area (TPSA) is 66.8 Å². The Morgan fingerprint density at radius 3 is 2.25 bits per heavy atom. The van der Waals surface area contributed by atoms with Gasteiger partial charge in [0, 0.05) is 6.07 Å². The van der Waals surface area contributed by atoms with Crippen LogP contribution in [0.3, 0.4) is 0 Å². The van der Waals surface area contributed by atoms with E-state index in [4.69, 9.17) is 4.74 Å². The molecule has 2 aromatic rings. The number of hydrogen-bond donors (Lipinski definition) is 1. The minimum atomic E-state index is -1.08. The molecule has 2 amide bonds. The van der Waals surface area contributed by atoms with E-state index in [-0.39, 0.29) is 11.1 Å². The van der Waals surface area contributed by atoms with Crippen molar-refractivity contribution in [1.29, 1.82) is 0 Å². The van der Waals surface area contributed by atoms with Gasteiger partial charge in [-0.3, -0.25) is 9.59 Å². The first-order chi connectivity index (χ1) is 11.4. The number of hydrogen-bond acceptors (Lipinski definition) is 4. The second-order valence-corrected chi connectivity index (χ2v) is 4.99. The Bertz CT molecular complexity index is 875. The van der Waals surface area contributed by atoms with Crippen LogP contribution in [0.1, 0.15) is 5.56 Å². The second-order valence-electron chi connectivity index (χ2n) is 4.99. The molecule has 0 bridgehead atoms. The number of carbonyl (C=O) groups is 2. The van der Waals surface area contributed by atoms with Gasteiger partial charge >= 0.3 is 5.91 Å². The predicted molar refractivity (Wildman–Crippen MR) is 81.4 cm³/mol. The Balaban J connectivity index is 2.04. The summed E-state index contributed by atoms with van der Waals surface area (Å²) in [6.45, 7) is 0. The van der Waals surface area contributed by atoms with E-state index in [1.165, 1.54) is 19.2 Å². The molecule has 122 valence electrons. The van der Waals surface area contributed by atoms with E-state index in [1.54, 1.807) is 12.1 Å². The van der Waals surface area contributed by atoms with Crippen molar-refractivity contribution in [3.05, 3.63) is 65.4 Å². The lowest BCUT2D eigenvalue weighted by molar-refractivity contribution is -0.121. The van der Waals surface area contributed by atoms with Gasteiger partial charge in [0.2, 0.25) is 0 Å². The molecule has 1 N–H and O–H groups in total. The molecule has 1 aliphatic rings. The highest BCUT2D eigenvalue weighted by molar-refractivity contribution is 6.44. The van der Waals surface area contributed by atoms with Crippen LogP contribution in [0, 0.1) is 11.6 Å². The van der Waals surface area contributed by atoms with Crippen LogP contribution < -0.4 is 9.64 Å². The largest absolute Gasteiger partial charge is 0.502 e. The van der Waals surface area contributed by atoms with Crippen molar-refractivity contribution in [2.45, 2.75) is 0 Å². The third-order valence-electron chi connectivity index (χ3n) is 3.59. The molecule has 0 saturated carbocycles. The van der Waals surface area contributed by atoms with Gasteiger partial charge in [-0.25, -0.2) is 13.7 Å². The fourth-order valence-electron chi connectivity index (χ4n) is 2.42. The van der Waals surface area contributed by atoms with E-state index < -0.39 is 34.9 Å². The Hall–Kier alpha value is -3.22. The molecule has 5 nitrogen and oxygen atoms in total. The Labute approximate surface area is 135 Å². The molecule has 0 spiro atoms. The van der Waals surface area contributed by atoms with Crippen molar-refractivity contribution >= 4 is 23.1 Å². The summed E-state index contributed by atoms with van der Waals surface area (Å²) in [4.78, 5) is 25.2. The summed E-state index contributed by atoms with van der Waals surface area (Å²) in [5, 5.41) is 10.0. The van der Waals surface area contributed by atoms with Gasteiger partial charge in [-0.2, -0.15) is 0 Å². The molecule has 0 aromatic heterocycles. The molecule has 0 saturated heterocycles. The average Bonchev–Trinajstić information content (AvgIpc) is 2.78. The number of halogens is 2. The van der Waals surface area contributed by atoms with Gasteiger partial charge < -0.3 is 9.84 Å². The van der Waals surface area contributed by atoms with Crippen LogP contribution in [0.2, 0.25) is 0 Å². The third-order valence-corrected chi connectivity index (χ3v) is 3.59. The number of aliphatic hydroxyl groups excluding tert-OH is 1. The van der Waals surface area contributed by atoms with Crippen molar-refractivity contribution in [1.82, 2.24) is 0 Å². The number of anilines is 1. The minimum Gasteiger partial charge on any atom is -0.502 e. The molecule has 0 aliphatic carbocycles. The van der Waals surface area contributed by atoms with E-state index in [0.29, 0.717) is 16.7 Å². The highest BCUT2D eigenvalue weighted by Crippen LogP contribution is 2.33. The van der Waals surface area contributed by atoms with Crippen molar-refractivity contribution in [2.24, 2.45) is 0 Å². The summed E-state index contributed by atoms with van der Waals surface area (Å²) in [5.74, 6) is -4.17. The van der Waals surface area contributed by atoms with Crippen LogP contribution in [0.4, 0.5) is 14.5 Å². The Morgan fingerprint density at radius 2 is 1.67 bits per heavy atom. The molecule has 7 heteroatoms. The van der Waals surface area contributed by atoms with Crippen LogP contribution in [-0.2, 0) is 9.59 Å². The van der Waals surface area contributed by atoms with E-state index in [0.717, 1.165) is 12.1 Å². The first-order valence-corrected chi connectivity index (χ1v) is 6.85. The van der Waals surface area contributed by atoms with Crippen molar-refractivity contribution in [3.63, 3.8) is 0 Å². The number of rotatable bonds is 3. The van der Waals surface area contributed by atoms with Crippen LogP contribution in [-0.4, -0.2) is 24.0 Å². The lowest BCUT2D eigenvalue weighted by atomic mass is 10.1. The highest BCUT2D eigenvalue weighted by atomic mass is 19.1. The highest BCUT2D eigenvalue weighted by Gasteiger charge is 2.41. The maximum Gasteiger partial charge on any atom is 0.301 e. The summed E-state index contributed by atoms with van der Waals surface area (Å²) >= 11 is 0. The molecule has 3 rings (SSSR count). The number of amides is 2. The van der Waals surface area contributed by atoms with Gasteiger partial charge in [0.05, 0.1) is 18.4 Å². The number of nitrogens with zero attached hydrogens (tertiary/aromatic N) is 1. The zero-order chi connectivity index (χ0) is 17.4. The molecule has 24 heavy (non-hydrogen) atoms. The van der Waals surface area contributed by atoms with Crippen LogP contribution in [0.15, 0.2) is 48.2 Å². The van der Waals surface area contributed by atoms with Gasteiger partial charge in [-0.1, -0.05) is 12.1 Å². The summed E-state index contributed by atoms with van der Waals surface area (Å²) < 4.78 is 31.9. The van der Waals surface area contributed by atoms with Gasteiger partial charge in [0.1, 0.15) is 17.4 Å². The van der Waals surface area contributed by atoms with Crippen molar-refractivity contribution in [3.8, 4) is 5.75 Å². The summed E-state index contributed by atoms with van der Waals surface area (Å²) in [7, 11) is 1.47. The molecular formula is C17H11F2NO4. The summed E-state index contributed by atoms with van der Waals surface area (Å²) in [5.41, 5.74) is -0.412. The molecular weight excluding hydrogens is 320 g/mol. The normalized spacial score (nSPS) is 14.5. The van der Waals surface area contributed by atoms with Crippen LogP contribution in [0.25, 0.3) is 5.57 Å². The van der Waals surface area contributed by atoms with Gasteiger partial charge in [-0.15, -0.1) is 0 Å². The molecule has 0 radical (unpaired) electrons. The van der Waals surface area contributed by atoms with E-state index in [2.05, 4.69) is 0 Å². The van der Waals surface area contributed by atoms with E-state index in [1.807, 2.05) is 0 Å².